The van der Waals surface area contributed by atoms with Gasteiger partial charge in [-0.3, -0.25) is 19.0 Å². The topological polar surface area (TPSA) is 466 Å². The van der Waals surface area contributed by atoms with Crippen molar-refractivity contribution in [2.24, 2.45) is 0 Å². The summed E-state index contributed by atoms with van der Waals surface area (Å²) in [4.78, 5) is 46.8. The van der Waals surface area contributed by atoms with E-state index in [1.165, 1.54) is 110 Å². The lowest BCUT2D eigenvalue weighted by Crippen LogP contribution is -2.37. The quantitative estimate of drug-likeness (QED) is 0.0167. The van der Waals surface area contributed by atoms with E-state index in [-0.39, 0.29) is 52.7 Å². The minimum Gasteiger partial charge on any atom is -0.478 e. The van der Waals surface area contributed by atoms with Crippen molar-refractivity contribution in [3.63, 3.8) is 0 Å². The molecule has 6 heterocycles. The number of carbonyl (C=O) groups excluding carboxylic acids is 1. The van der Waals surface area contributed by atoms with Crippen LogP contribution in [0.25, 0.3) is 30.4 Å². The van der Waals surface area contributed by atoms with Gasteiger partial charge in [-0.1, -0.05) is 155 Å². The predicted octanol–water partition coefficient (Wildman–Crippen LogP) is 18.3. The zero-order valence-corrected chi connectivity index (χ0v) is 78.8. The fourth-order valence-electron chi connectivity index (χ4n) is 10.3. The molecule has 0 saturated carbocycles. The van der Waals surface area contributed by atoms with Crippen LogP contribution >= 0.6 is 26.6 Å². The Hall–Kier alpha value is -13.9. The van der Waals surface area contributed by atoms with E-state index < -0.39 is 65.1 Å². The Morgan fingerprint density at radius 1 is 0.354 bits per heavy atom. The van der Waals surface area contributed by atoms with Crippen molar-refractivity contribution < 1.29 is 65.2 Å². The molecule has 0 saturated heterocycles. The Morgan fingerprint density at radius 2 is 0.654 bits per heavy atom. The van der Waals surface area contributed by atoms with Crippen LogP contribution in [0.1, 0.15) is 82.0 Å². The van der Waals surface area contributed by atoms with Crippen molar-refractivity contribution >= 4 is 174 Å². The molecule has 0 bridgehead atoms. The number of anilines is 8. The van der Waals surface area contributed by atoms with E-state index in [0.29, 0.717) is 43.7 Å². The number of amides is 1. The third kappa shape index (κ3) is 34.1. The summed E-state index contributed by atoms with van der Waals surface area (Å²) in [7, 11) is -18.4. The van der Waals surface area contributed by atoms with Gasteiger partial charge in [0, 0.05) is 64.5 Å². The van der Waals surface area contributed by atoms with Crippen LogP contribution < -0.4 is 40.4 Å². The highest BCUT2D eigenvalue weighted by Gasteiger charge is 2.38. The second kappa shape index (κ2) is 48.9. The van der Waals surface area contributed by atoms with E-state index in [2.05, 4.69) is 65.3 Å². The highest BCUT2D eigenvalue weighted by molar-refractivity contribution is 9.10. The van der Waals surface area contributed by atoms with Gasteiger partial charge >= 0.3 is 5.97 Å². The van der Waals surface area contributed by atoms with Gasteiger partial charge < -0.3 is 27.6 Å². The normalized spacial score (nSPS) is 11.4. The summed E-state index contributed by atoms with van der Waals surface area (Å²) < 4.78 is 157. The minimum atomic E-state index is -4.45. The molecular weight excluding hydrogens is 1860 g/mol. The Morgan fingerprint density at radius 3 is 0.938 bits per heavy atom. The molecule has 0 unspecified atom stereocenters. The lowest BCUT2D eigenvalue weighted by atomic mass is 10.2. The number of hydrogen-bond donors (Lipinski definition) is 8. The second-order valence-corrected chi connectivity index (χ2v) is 40.1. The van der Waals surface area contributed by atoms with Gasteiger partial charge in [0.25, 0.3) is 59.2 Å². The molecule has 13 aromatic rings. The first-order chi connectivity index (χ1) is 61.5. The number of carboxylic acids is 1. The number of hydrogen-bond acceptors (Lipinski definition) is 23. The summed E-state index contributed by atoms with van der Waals surface area (Å²) in [5.74, 6) is 0.151. The summed E-state index contributed by atoms with van der Waals surface area (Å²) in [6, 6.07) is 65.0. The van der Waals surface area contributed by atoms with Gasteiger partial charge in [-0.2, -0.15) is 16.8 Å². The van der Waals surface area contributed by atoms with Gasteiger partial charge in [0.15, 0.2) is 5.82 Å². The monoisotopic (exact) mass is 1950 g/mol. The molecule has 0 fully saturated rings. The first kappa shape index (κ1) is 103. The zero-order valence-electron chi connectivity index (χ0n) is 71.6. The largest absolute Gasteiger partial charge is 0.478 e. The van der Waals surface area contributed by atoms with E-state index in [1.54, 1.807) is 188 Å². The number of nitrogens with two attached hydrogens (primary N) is 3. The number of rotatable bonds is 23. The fourth-order valence-corrected chi connectivity index (χ4v) is 18.0. The Balaban J connectivity index is 0.000000216. The van der Waals surface area contributed by atoms with E-state index in [1.807, 2.05) is 98.8 Å². The molecule has 0 aliphatic rings. The number of aromatic nitrogens is 6. The number of nitrogen functional groups attached to an aromatic ring is 3. The fraction of sp³-hybridized carbons (Fsp3) is 0.0968. The molecule has 11 N–H and O–H groups in total. The molecule has 13 rings (SSSR count). The minimum absolute atomic E-state index is 0.136. The maximum Gasteiger partial charge on any atom is 0.328 e. The number of carbonyl (C=O) groups is 2. The number of allylic oxidation sites excluding steroid dienone is 3. The van der Waals surface area contributed by atoms with Gasteiger partial charge in [-0.05, 0) is 276 Å². The molecule has 37 heteroatoms. The average Bonchev–Trinajstić information content (AvgIpc) is 0.747. The van der Waals surface area contributed by atoms with Crippen molar-refractivity contribution in [1.82, 2.24) is 29.9 Å². The van der Waals surface area contributed by atoms with Crippen molar-refractivity contribution in [1.29, 1.82) is 0 Å². The third-order valence-electron chi connectivity index (χ3n) is 17.1. The number of nitrogens with one attached hydrogen (secondary N) is 4. The predicted molar refractivity (Wildman–Crippen MR) is 521 cm³/mol. The van der Waals surface area contributed by atoms with Crippen molar-refractivity contribution in [2.75, 3.05) is 40.4 Å². The van der Waals surface area contributed by atoms with Gasteiger partial charge in [-0.15, -0.1) is 3.71 Å². The molecule has 0 atom stereocenters. The van der Waals surface area contributed by atoms with Crippen LogP contribution in [0.15, 0.2) is 344 Å². The molecule has 676 valence electrons. The van der Waals surface area contributed by atoms with Crippen LogP contribution in [-0.4, -0.2) is 97.4 Å². The van der Waals surface area contributed by atoms with E-state index in [9.17, 15) is 60.1 Å². The highest BCUT2D eigenvalue weighted by atomic mass is 79.9. The standard InChI is InChI=1S/C22H22N2O4S2.C21H20N4O3S.C15H14N2O4S.C15H16N2O2S.C8H10N2.C7H7ClO2S.C5H5BrN2/c1-4-5-19-10-15-22(23-16-19)24(29(25,26)20-11-6-17(2)7-12-20)30(27,28)21-13-8-18(3)9-14-21;1-15-6-10-17(11-7-15)29(27,28)25-20-12-8-16(14-23-20)9-13-21(26)24-19-5-3-2-4-18(19)22;1-11-2-6-13(7-3-11)22(20,21)17-14-8-4-12(10-16-14)5-9-15(18)19;1-3-4-13-7-10-15(16-11-13)17-20(18,19)14-8-5-12(2)6-9-14;1-2-3-7-4-5-8(9)10-6-7;1-6-2-4-7(5-3-6)11(8,9)10;6-4-1-2-5(7)8-3-4/h4-16H,1-3H3;2-14H,22H2,1H3,(H,23,25)(H,24,26);2-10H,1H3,(H,16,17)(H,18,19);3-11H,1-2H3,(H,16,17);2-6H,1H3,(H2,9,10);2-5H,1H3;1-3H,(H2,7,8)/b5-4+;13-9+;9-5+;4-3+;3-2+;;. The van der Waals surface area contributed by atoms with Gasteiger partial charge in [0.1, 0.15) is 29.1 Å². The number of pyridine rings is 6. The number of aliphatic carboxylic acids is 1. The van der Waals surface area contributed by atoms with E-state index >= 15 is 0 Å². The van der Waals surface area contributed by atoms with Crippen LogP contribution in [0, 0.1) is 41.5 Å². The first-order valence-corrected chi connectivity index (χ1v) is 49.2. The maximum absolute atomic E-state index is 13.4. The zero-order chi connectivity index (χ0) is 95.4. The molecule has 0 spiro atoms. The summed E-state index contributed by atoms with van der Waals surface area (Å²) in [6.45, 7) is 16.9. The average molecular weight is 1960 g/mol. The highest BCUT2D eigenvalue weighted by Crippen LogP contribution is 2.31. The molecule has 130 heavy (non-hydrogen) atoms. The molecule has 1 amide bonds. The number of sulfonamides is 5. The van der Waals surface area contributed by atoms with Crippen LogP contribution in [-0.2, 0) is 68.8 Å². The third-order valence-corrected chi connectivity index (χ3v) is 27.2. The Labute approximate surface area is 771 Å². The summed E-state index contributed by atoms with van der Waals surface area (Å²) in [6.07, 6.45) is 25.9. The molecule has 0 radical (unpaired) electrons. The van der Waals surface area contributed by atoms with Gasteiger partial charge in [-0.25, -0.2) is 68.4 Å². The summed E-state index contributed by atoms with van der Waals surface area (Å²) >= 11 is 3.23. The second-order valence-electron chi connectivity index (χ2n) is 27.7. The molecule has 7 aromatic carbocycles. The van der Waals surface area contributed by atoms with E-state index in [0.717, 1.165) is 60.6 Å². The number of carboxylic acid groups (broad SMARTS) is 1. The molecule has 29 nitrogen and oxygen atoms in total. The lowest BCUT2D eigenvalue weighted by Gasteiger charge is -2.23. The van der Waals surface area contributed by atoms with Crippen molar-refractivity contribution in [3.05, 3.63) is 376 Å². The first-order valence-electron chi connectivity index (χ1n) is 38.8. The van der Waals surface area contributed by atoms with Crippen molar-refractivity contribution in [3.8, 4) is 0 Å². The Kier molecular flexibility index (Phi) is 38.8. The molecule has 6 aromatic heterocycles. The van der Waals surface area contributed by atoms with Crippen LogP contribution in [0.2, 0.25) is 0 Å². The number of aryl methyl sites for hydroxylation is 6. The van der Waals surface area contributed by atoms with Crippen LogP contribution in [0.3, 0.4) is 0 Å². The smallest absolute Gasteiger partial charge is 0.328 e. The molecule has 0 aliphatic heterocycles. The summed E-state index contributed by atoms with van der Waals surface area (Å²) in [5, 5.41) is 11.2. The number of halogens is 2. The number of nitrogens with zero attached hydrogens (tertiary/aromatic N) is 7. The molecule has 0 aliphatic carbocycles. The maximum atomic E-state index is 13.4. The summed E-state index contributed by atoms with van der Waals surface area (Å²) in [5.41, 5.74) is 27.1. The van der Waals surface area contributed by atoms with E-state index in [4.69, 9.17) is 33.0 Å². The van der Waals surface area contributed by atoms with Crippen LogP contribution in [0.4, 0.5) is 46.3 Å². The van der Waals surface area contributed by atoms with Gasteiger partial charge in [0.05, 0.1) is 40.7 Å². The van der Waals surface area contributed by atoms with Crippen LogP contribution in [0.5, 0.6) is 0 Å². The van der Waals surface area contributed by atoms with Gasteiger partial charge in [0.2, 0.25) is 5.91 Å². The molecular formula is C93H94BrClN14O15S6. The lowest BCUT2D eigenvalue weighted by molar-refractivity contribution is -0.131. The van der Waals surface area contributed by atoms with Crippen molar-refractivity contribution in [2.45, 2.75) is 91.7 Å². The SMILES string of the molecule is C/C=C/c1ccc(N(S(=O)(=O)c2ccc(C)cc2)S(=O)(=O)c2ccc(C)cc2)nc1.C/C=C/c1ccc(N)nc1.C/C=C/c1ccc(NS(=O)(=O)c2ccc(C)cc2)nc1.Cc1ccc(S(=O)(=O)Cl)cc1.Cc1ccc(S(=O)(=O)Nc2ccc(/C=C/C(=O)Nc3ccccc3N)cn2)cc1.Cc1ccc(S(=O)(=O)Nc2ccc(/C=C/C(=O)O)cn2)cc1.Nc1ccc(Br)cn1. The number of para-hydroxylation sites is 2. The Bertz CT molecular complexity index is 6730. The number of benzene rings is 7.